The van der Waals surface area contributed by atoms with Crippen molar-refractivity contribution in [1.29, 1.82) is 0 Å². The molecule has 0 aliphatic rings. The van der Waals surface area contributed by atoms with Gasteiger partial charge in [-0.3, -0.25) is 9.59 Å². The van der Waals surface area contributed by atoms with Crippen LogP contribution in [-0.2, 0) is 14.6 Å². The summed E-state index contributed by atoms with van der Waals surface area (Å²) >= 11 is 0. The first-order valence-electron chi connectivity index (χ1n) is 7.52. The van der Waals surface area contributed by atoms with Crippen LogP contribution in [0.5, 0.6) is 0 Å². The van der Waals surface area contributed by atoms with Gasteiger partial charge in [-0.1, -0.05) is 12.1 Å². The van der Waals surface area contributed by atoms with Gasteiger partial charge in [-0.25, -0.2) is 12.8 Å². The Morgan fingerprint density at radius 2 is 1.60 bits per heavy atom. The molecule has 0 bridgehead atoms. The molecule has 2 rings (SSSR count). The molecule has 0 spiro atoms. The highest BCUT2D eigenvalue weighted by Gasteiger charge is 2.22. The van der Waals surface area contributed by atoms with Crippen molar-refractivity contribution in [3.63, 3.8) is 0 Å². The number of sulfone groups is 1. The van der Waals surface area contributed by atoms with E-state index in [1.807, 2.05) is 13.8 Å². The van der Waals surface area contributed by atoms with E-state index in [4.69, 9.17) is 0 Å². The lowest BCUT2D eigenvalue weighted by atomic mass is 10.0. The van der Waals surface area contributed by atoms with Gasteiger partial charge in [-0.2, -0.15) is 0 Å². The number of aryl methyl sites for hydroxylation is 2. The average molecular weight is 363 g/mol. The molecule has 132 valence electrons. The highest BCUT2D eigenvalue weighted by atomic mass is 32.2. The van der Waals surface area contributed by atoms with E-state index < -0.39 is 38.9 Å². The highest BCUT2D eigenvalue weighted by Crippen LogP contribution is 2.12. The SMILES string of the molecule is Cc1ccc(C(=O)CS(=O)(=O)CC(=O)Nc2ccc(F)cc2)cc1C. The maximum Gasteiger partial charge on any atom is 0.239 e. The van der Waals surface area contributed by atoms with E-state index in [1.54, 1.807) is 18.2 Å². The number of amides is 1. The molecule has 25 heavy (non-hydrogen) atoms. The van der Waals surface area contributed by atoms with Crippen molar-refractivity contribution < 1.29 is 22.4 Å². The Labute approximate surface area is 145 Å². The monoisotopic (exact) mass is 363 g/mol. The Balaban J connectivity index is 2.00. The molecule has 5 nitrogen and oxygen atoms in total. The zero-order chi connectivity index (χ0) is 18.6. The average Bonchev–Trinajstić information content (AvgIpc) is 2.51. The summed E-state index contributed by atoms with van der Waals surface area (Å²) < 4.78 is 37.0. The van der Waals surface area contributed by atoms with E-state index in [9.17, 15) is 22.4 Å². The van der Waals surface area contributed by atoms with Crippen LogP contribution in [0.4, 0.5) is 10.1 Å². The van der Waals surface area contributed by atoms with Gasteiger partial charge in [0.2, 0.25) is 5.91 Å². The van der Waals surface area contributed by atoms with E-state index in [2.05, 4.69) is 5.32 Å². The first kappa shape index (κ1) is 18.8. The van der Waals surface area contributed by atoms with Crippen LogP contribution in [0.2, 0.25) is 0 Å². The molecular weight excluding hydrogens is 345 g/mol. The molecule has 2 aromatic carbocycles. The van der Waals surface area contributed by atoms with Crippen LogP contribution in [0, 0.1) is 19.7 Å². The summed E-state index contributed by atoms with van der Waals surface area (Å²) in [7, 11) is -3.92. The predicted molar refractivity (Wildman–Crippen MR) is 93.9 cm³/mol. The lowest BCUT2D eigenvalue weighted by Gasteiger charge is -2.07. The minimum Gasteiger partial charge on any atom is -0.325 e. The van der Waals surface area contributed by atoms with Gasteiger partial charge in [0.25, 0.3) is 0 Å². The zero-order valence-electron chi connectivity index (χ0n) is 13.9. The second-order valence-electron chi connectivity index (χ2n) is 5.81. The number of anilines is 1. The lowest BCUT2D eigenvalue weighted by Crippen LogP contribution is -2.27. The van der Waals surface area contributed by atoms with Crippen LogP contribution >= 0.6 is 0 Å². The number of rotatable bonds is 6. The molecular formula is C18H18FNO4S. The highest BCUT2D eigenvalue weighted by molar-refractivity contribution is 7.92. The summed E-state index contributed by atoms with van der Waals surface area (Å²) in [4.78, 5) is 24.0. The molecule has 0 radical (unpaired) electrons. The van der Waals surface area contributed by atoms with Gasteiger partial charge < -0.3 is 5.32 Å². The van der Waals surface area contributed by atoms with Gasteiger partial charge in [0, 0.05) is 11.3 Å². The quantitative estimate of drug-likeness (QED) is 0.800. The van der Waals surface area contributed by atoms with Crippen molar-refractivity contribution in [2.45, 2.75) is 13.8 Å². The molecule has 0 aliphatic heterocycles. The second kappa shape index (κ2) is 7.57. The first-order valence-corrected chi connectivity index (χ1v) is 9.35. The Morgan fingerprint density at radius 3 is 2.20 bits per heavy atom. The van der Waals surface area contributed by atoms with Gasteiger partial charge in [0.15, 0.2) is 15.6 Å². The Bertz CT molecular complexity index is 905. The van der Waals surface area contributed by atoms with E-state index in [1.165, 1.54) is 12.1 Å². The molecule has 0 fully saturated rings. The van der Waals surface area contributed by atoms with Gasteiger partial charge in [0.1, 0.15) is 17.3 Å². The Hall–Kier alpha value is -2.54. The minimum atomic E-state index is -3.92. The van der Waals surface area contributed by atoms with Crippen LogP contribution in [0.15, 0.2) is 42.5 Å². The van der Waals surface area contributed by atoms with Gasteiger partial charge in [-0.15, -0.1) is 0 Å². The number of hydrogen-bond donors (Lipinski definition) is 1. The van der Waals surface area contributed by atoms with E-state index in [-0.39, 0.29) is 5.69 Å². The van der Waals surface area contributed by atoms with Crippen molar-refractivity contribution in [1.82, 2.24) is 0 Å². The summed E-state index contributed by atoms with van der Waals surface area (Å²) in [5, 5.41) is 2.36. The fourth-order valence-corrected chi connectivity index (χ4v) is 3.32. The number of carbonyl (C=O) groups excluding carboxylic acids is 2. The molecule has 0 unspecified atom stereocenters. The lowest BCUT2D eigenvalue weighted by molar-refractivity contribution is -0.113. The number of Topliss-reactive ketones (excluding diaryl/α,β-unsaturated/α-hetero) is 1. The fourth-order valence-electron chi connectivity index (χ4n) is 2.18. The van der Waals surface area contributed by atoms with Crippen molar-refractivity contribution in [3.8, 4) is 0 Å². The molecule has 1 N–H and O–H groups in total. The van der Waals surface area contributed by atoms with Crippen molar-refractivity contribution in [2.75, 3.05) is 16.8 Å². The van der Waals surface area contributed by atoms with Crippen molar-refractivity contribution in [3.05, 3.63) is 65.0 Å². The zero-order valence-corrected chi connectivity index (χ0v) is 14.7. The standard InChI is InChI=1S/C18H18FNO4S/c1-12-3-4-14(9-13(12)2)17(21)10-25(23,24)11-18(22)20-16-7-5-15(19)6-8-16/h3-9H,10-11H2,1-2H3,(H,20,22). The number of ketones is 1. The molecule has 0 aliphatic carbocycles. The molecule has 0 heterocycles. The third-order valence-electron chi connectivity index (χ3n) is 3.66. The van der Waals surface area contributed by atoms with E-state index in [0.717, 1.165) is 23.3 Å². The minimum absolute atomic E-state index is 0.280. The number of carbonyl (C=O) groups is 2. The molecule has 7 heteroatoms. The Kier molecular flexibility index (Phi) is 5.69. The number of nitrogens with one attached hydrogen (secondary N) is 1. The second-order valence-corrected chi connectivity index (χ2v) is 7.87. The number of hydrogen-bond acceptors (Lipinski definition) is 4. The largest absolute Gasteiger partial charge is 0.325 e. The summed E-state index contributed by atoms with van der Waals surface area (Å²) in [6, 6.07) is 9.88. The number of benzene rings is 2. The topological polar surface area (TPSA) is 80.3 Å². The van der Waals surface area contributed by atoms with Gasteiger partial charge in [0.05, 0.1) is 0 Å². The van der Waals surface area contributed by atoms with Gasteiger partial charge >= 0.3 is 0 Å². The first-order chi connectivity index (χ1) is 11.7. The van der Waals surface area contributed by atoms with Crippen LogP contribution < -0.4 is 5.32 Å². The van der Waals surface area contributed by atoms with Crippen LogP contribution in [0.25, 0.3) is 0 Å². The third kappa shape index (κ3) is 5.49. The Morgan fingerprint density at radius 1 is 0.960 bits per heavy atom. The van der Waals surface area contributed by atoms with Gasteiger partial charge in [-0.05, 0) is 55.3 Å². The maximum atomic E-state index is 12.8. The summed E-state index contributed by atoms with van der Waals surface area (Å²) in [5.41, 5.74) is 2.46. The van der Waals surface area contributed by atoms with Crippen molar-refractivity contribution >= 4 is 27.2 Å². The van der Waals surface area contributed by atoms with E-state index >= 15 is 0 Å². The molecule has 2 aromatic rings. The van der Waals surface area contributed by atoms with Crippen molar-refractivity contribution in [2.24, 2.45) is 0 Å². The van der Waals surface area contributed by atoms with Crippen LogP contribution in [0.3, 0.4) is 0 Å². The molecule has 0 saturated heterocycles. The molecule has 1 amide bonds. The summed E-state index contributed by atoms with van der Waals surface area (Å²) in [6.07, 6.45) is 0. The van der Waals surface area contributed by atoms with E-state index in [0.29, 0.717) is 5.56 Å². The van der Waals surface area contributed by atoms with Crippen LogP contribution in [-0.4, -0.2) is 31.6 Å². The smallest absolute Gasteiger partial charge is 0.239 e. The predicted octanol–water partition coefficient (Wildman–Crippen LogP) is 2.68. The molecule has 0 atom stereocenters. The molecule has 0 aromatic heterocycles. The summed E-state index contributed by atoms with van der Waals surface area (Å²) in [5.74, 6) is -3.37. The fraction of sp³-hybridized carbons (Fsp3) is 0.222. The number of halogens is 1. The maximum absolute atomic E-state index is 12.8. The van der Waals surface area contributed by atoms with Crippen LogP contribution in [0.1, 0.15) is 21.5 Å². The third-order valence-corrected chi connectivity index (χ3v) is 5.06. The normalized spacial score (nSPS) is 11.2. The molecule has 0 saturated carbocycles. The summed E-state index contributed by atoms with van der Waals surface area (Å²) in [6.45, 7) is 3.72.